The quantitative estimate of drug-likeness (QED) is 0.656. The SMILES string of the molecule is CC1(C23CC4CC(CC(C4)C2)C3)OCC(=O)O1. The molecule has 0 amide bonds. The molecular formula is C14H20O3. The first-order valence-electron chi connectivity index (χ1n) is 6.94. The van der Waals surface area contributed by atoms with Crippen LogP contribution in [0.2, 0.25) is 0 Å². The summed E-state index contributed by atoms with van der Waals surface area (Å²) in [5.41, 5.74) is 0.133. The summed E-state index contributed by atoms with van der Waals surface area (Å²) in [6.07, 6.45) is 7.85. The summed E-state index contributed by atoms with van der Waals surface area (Å²) in [7, 11) is 0. The molecule has 4 saturated carbocycles. The lowest BCUT2D eigenvalue weighted by Crippen LogP contribution is -2.57. The van der Waals surface area contributed by atoms with Crippen molar-refractivity contribution < 1.29 is 14.3 Å². The lowest BCUT2D eigenvalue weighted by molar-refractivity contribution is -0.267. The van der Waals surface area contributed by atoms with E-state index in [-0.39, 0.29) is 18.0 Å². The minimum atomic E-state index is -0.625. The van der Waals surface area contributed by atoms with Crippen LogP contribution in [0.25, 0.3) is 0 Å². The van der Waals surface area contributed by atoms with E-state index in [1.54, 1.807) is 0 Å². The molecule has 0 radical (unpaired) electrons. The van der Waals surface area contributed by atoms with E-state index < -0.39 is 5.79 Å². The van der Waals surface area contributed by atoms with Crippen molar-refractivity contribution in [3.05, 3.63) is 0 Å². The van der Waals surface area contributed by atoms with Gasteiger partial charge < -0.3 is 9.47 Å². The third-order valence-electron chi connectivity index (χ3n) is 5.78. The third-order valence-corrected chi connectivity index (χ3v) is 5.78. The van der Waals surface area contributed by atoms with Crippen molar-refractivity contribution in [2.75, 3.05) is 6.61 Å². The first-order chi connectivity index (χ1) is 8.09. The Morgan fingerprint density at radius 3 is 2.00 bits per heavy atom. The Labute approximate surface area is 102 Å². The molecule has 0 aromatic heterocycles. The first-order valence-corrected chi connectivity index (χ1v) is 6.94. The maximum Gasteiger partial charge on any atom is 0.334 e. The van der Waals surface area contributed by atoms with Gasteiger partial charge in [-0.1, -0.05) is 0 Å². The summed E-state index contributed by atoms with van der Waals surface area (Å²) in [6, 6.07) is 0. The summed E-state index contributed by atoms with van der Waals surface area (Å²) in [5.74, 6) is 1.78. The van der Waals surface area contributed by atoms with Crippen LogP contribution in [-0.4, -0.2) is 18.4 Å². The van der Waals surface area contributed by atoms with Gasteiger partial charge in [-0.15, -0.1) is 0 Å². The van der Waals surface area contributed by atoms with Gasteiger partial charge in [0.05, 0.1) is 0 Å². The number of rotatable bonds is 1. The second kappa shape index (κ2) is 3.05. The molecule has 5 aliphatic rings. The Morgan fingerprint density at radius 1 is 1.06 bits per heavy atom. The first kappa shape index (κ1) is 10.4. The van der Waals surface area contributed by atoms with Gasteiger partial charge in [0.2, 0.25) is 5.79 Å². The molecule has 0 N–H and O–H groups in total. The van der Waals surface area contributed by atoms with E-state index >= 15 is 0 Å². The van der Waals surface area contributed by atoms with Crippen LogP contribution in [0.1, 0.15) is 45.4 Å². The van der Waals surface area contributed by atoms with Crippen LogP contribution in [0, 0.1) is 23.2 Å². The molecular weight excluding hydrogens is 216 g/mol. The summed E-state index contributed by atoms with van der Waals surface area (Å²) in [4.78, 5) is 11.4. The van der Waals surface area contributed by atoms with Crippen LogP contribution >= 0.6 is 0 Å². The van der Waals surface area contributed by atoms with Gasteiger partial charge in [0.1, 0.15) is 6.61 Å². The maximum absolute atomic E-state index is 11.4. The van der Waals surface area contributed by atoms with Gasteiger partial charge in [-0.3, -0.25) is 0 Å². The molecule has 1 aliphatic heterocycles. The number of hydrogen-bond donors (Lipinski definition) is 0. The smallest absolute Gasteiger partial charge is 0.334 e. The lowest BCUT2D eigenvalue weighted by atomic mass is 9.47. The van der Waals surface area contributed by atoms with Gasteiger partial charge in [0, 0.05) is 12.3 Å². The monoisotopic (exact) mass is 236 g/mol. The number of cyclic esters (lactones) is 1. The van der Waals surface area contributed by atoms with E-state index in [0.717, 1.165) is 17.8 Å². The molecule has 1 heterocycles. The van der Waals surface area contributed by atoms with E-state index in [1.165, 1.54) is 38.5 Å². The van der Waals surface area contributed by atoms with E-state index in [9.17, 15) is 4.79 Å². The fourth-order valence-electron chi connectivity index (χ4n) is 5.40. The normalized spacial score (nSPS) is 56.3. The van der Waals surface area contributed by atoms with Crippen LogP contribution in [0.3, 0.4) is 0 Å². The molecule has 4 aliphatic carbocycles. The summed E-state index contributed by atoms with van der Waals surface area (Å²) >= 11 is 0. The van der Waals surface area contributed by atoms with Crippen LogP contribution in [0.15, 0.2) is 0 Å². The second-order valence-electron chi connectivity index (χ2n) is 6.91. The van der Waals surface area contributed by atoms with Crippen molar-refractivity contribution in [1.82, 2.24) is 0 Å². The number of hydrogen-bond acceptors (Lipinski definition) is 3. The van der Waals surface area contributed by atoms with Gasteiger partial charge in [-0.2, -0.15) is 0 Å². The lowest BCUT2D eigenvalue weighted by Gasteiger charge is -2.60. The second-order valence-corrected chi connectivity index (χ2v) is 6.91. The molecule has 1 saturated heterocycles. The zero-order valence-corrected chi connectivity index (χ0v) is 10.4. The number of carbonyl (C=O) groups is 1. The standard InChI is InChI=1S/C14H20O3/c1-13(16-8-12(15)17-13)14-5-9-2-10(6-14)4-11(3-9)7-14/h9-11H,2-8H2,1H3. The Morgan fingerprint density at radius 2 is 1.59 bits per heavy atom. The Bertz CT molecular complexity index is 340. The fraction of sp³-hybridized carbons (Fsp3) is 0.929. The van der Waals surface area contributed by atoms with Gasteiger partial charge in [-0.25, -0.2) is 4.79 Å². The van der Waals surface area contributed by atoms with E-state index in [0.29, 0.717) is 0 Å². The molecule has 3 heteroatoms. The molecule has 1 atom stereocenters. The average Bonchev–Trinajstić information content (AvgIpc) is 2.58. The predicted molar refractivity (Wildman–Crippen MR) is 61.1 cm³/mol. The minimum absolute atomic E-state index is 0.133. The Hall–Kier alpha value is -0.570. The molecule has 0 aromatic carbocycles. The van der Waals surface area contributed by atoms with Crippen LogP contribution in [0.4, 0.5) is 0 Å². The van der Waals surface area contributed by atoms with Crippen molar-refractivity contribution in [2.45, 2.75) is 51.2 Å². The average molecular weight is 236 g/mol. The third kappa shape index (κ3) is 1.29. The largest absolute Gasteiger partial charge is 0.431 e. The Kier molecular flexibility index (Phi) is 1.86. The molecule has 5 rings (SSSR count). The minimum Gasteiger partial charge on any atom is -0.431 e. The molecule has 0 spiro atoms. The zero-order chi connectivity index (χ0) is 11.7. The number of esters is 1. The van der Waals surface area contributed by atoms with Crippen molar-refractivity contribution in [2.24, 2.45) is 23.2 Å². The molecule has 5 fully saturated rings. The van der Waals surface area contributed by atoms with E-state index in [2.05, 4.69) is 0 Å². The zero-order valence-electron chi connectivity index (χ0n) is 10.4. The van der Waals surface area contributed by atoms with Crippen LogP contribution < -0.4 is 0 Å². The summed E-state index contributed by atoms with van der Waals surface area (Å²) in [6.45, 7) is 2.16. The van der Waals surface area contributed by atoms with Crippen molar-refractivity contribution in [1.29, 1.82) is 0 Å². The molecule has 3 nitrogen and oxygen atoms in total. The highest BCUT2D eigenvalue weighted by Crippen LogP contribution is 2.65. The van der Waals surface area contributed by atoms with Crippen molar-refractivity contribution >= 4 is 5.97 Å². The van der Waals surface area contributed by atoms with Gasteiger partial charge in [-0.05, 0) is 56.3 Å². The van der Waals surface area contributed by atoms with E-state index in [1.807, 2.05) is 6.92 Å². The summed E-state index contributed by atoms with van der Waals surface area (Å²) < 4.78 is 11.3. The van der Waals surface area contributed by atoms with Gasteiger partial charge in [0.25, 0.3) is 0 Å². The highest BCUT2D eigenvalue weighted by atomic mass is 16.8. The topological polar surface area (TPSA) is 35.5 Å². The van der Waals surface area contributed by atoms with Gasteiger partial charge >= 0.3 is 5.97 Å². The maximum atomic E-state index is 11.4. The molecule has 4 bridgehead atoms. The molecule has 94 valence electrons. The van der Waals surface area contributed by atoms with E-state index in [4.69, 9.17) is 9.47 Å². The predicted octanol–water partition coefficient (Wildman–Crippen LogP) is 2.49. The van der Waals surface area contributed by atoms with Crippen LogP contribution in [0.5, 0.6) is 0 Å². The molecule has 17 heavy (non-hydrogen) atoms. The van der Waals surface area contributed by atoms with Crippen LogP contribution in [-0.2, 0) is 14.3 Å². The fourth-order valence-corrected chi connectivity index (χ4v) is 5.40. The number of carbonyl (C=O) groups excluding carboxylic acids is 1. The number of ether oxygens (including phenoxy) is 2. The highest BCUT2D eigenvalue weighted by molar-refractivity contribution is 5.72. The van der Waals surface area contributed by atoms with Crippen molar-refractivity contribution in [3.8, 4) is 0 Å². The summed E-state index contributed by atoms with van der Waals surface area (Å²) in [5, 5.41) is 0. The van der Waals surface area contributed by atoms with Gasteiger partial charge in [0.15, 0.2) is 0 Å². The Balaban J connectivity index is 1.70. The molecule has 0 aromatic rings. The van der Waals surface area contributed by atoms with Crippen molar-refractivity contribution in [3.63, 3.8) is 0 Å². The molecule has 1 unspecified atom stereocenters. The highest BCUT2D eigenvalue weighted by Gasteiger charge is 2.63.